The van der Waals surface area contributed by atoms with Crippen molar-refractivity contribution in [3.05, 3.63) is 53.0 Å². The van der Waals surface area contributed by atoms with Crippen molar-refractivity contribution in [1.82, 2.24) is 9.88 Å². The quantitative estimate of drug-likeness (QED) is 0.408. The summed E-state index contributed by atoms with van der Waals surface area (Å²) in [4.78, 5) is 19.7. The molecule has 35 heavy (non-hydrogen) atoms. The number of rotatable bonds is 11. The highest BCUT2D eigenvalue weighted by molar-refractivity contribution is 5.83. The molecule has 2 atom stereocenters. The summed E-state index contributed by atoms with van der Waals surface area (Å²) in [5.41, 5.74) is 3.23. The van der Waals surface area contributed by atoms with Crippen molar-refractivity contribution < 1.29 is 13.9 Å². The molecule has 0 amide bonds. The van der Waals surface area contributed by atoms with Crippen LogP contribution in [0.3, 0.4) is 0 Å². The average molecular weight is 480 g/mol. The van der Waals surface area contributed by atoms with Gasteiger partial charge in [-0.3, -0.25) is 9.69 Å². The molecule has 5 nitrogen and oxygen atoms in total. The first kappa shape index (κ1) is 24.2. The fourth-order valence-corrected chi connectivity index (χ4v) is 5.64. The molecule has 1 saturated carbocycles. The number of likely N-dealkylation sites (tertiary alicyclic amines) is 1. The van der Waals surface area contributed by atoms with E-state index in [9.17, 15) is 9.18 Å². The summed E-state index contributed by atoms with van der Waals surface area (Å²) >= 11 is 0. The van der Waals surface area contributed by atoms with E-state index in [1.54, 1.807) is 13.0 Å². The average Bonchev–Trinajstić information content (AvgIpc) is 3.56. The lowest BCUT2D eigenvalue weighted by atomic mass is 9.98. The second kappa shape index (κ2) is 11.1. The molecule has 1 aromatic carbocycles. The molecule has 1 unspecified atom stereocenters. The number of aromatic nitrogens is 1. The number of pyridine rings is 1. The van der Waals surface area contributed by atoms with Crippen LogP contribution in [0.2, 0.25) is 0 Å². The molecule has 1 saturated heterocycles. The second-order valence-corrected chi connectivity index (χ2v) is 10.6. The monoisotopic (exact) mass is 479 g/mol. The Kier molecular flexibility index (Phi) is 7.66. The predicted octanol–water partition coefficient (Wildman–Crippen LogP) is 5.88. The number of nitrogens with zero attached hydrogens (tertiary/aromatic N) is 2. The van der Waals surface area contributed by atoms with Gasteiger partial charge in [-0.05, 0) is 101 Å². The number of nitrogens with one attached hydrogen (secondary N) is 1. The largest absolute Gasteiger partial charge is 0.490 e. The molecule has 0 bridgehead atoms. The first-order chi connectivity index (χ1) is 17.1. The molecule has 2 aromatic rings. The van der Waals surface area contributed by atoms with Gasteiger partial charge in [-0.15, -0.1) is 0 Å². The van der Waals surface area contributed by atoms with Gasteiger partial charge in [-0.2, -0.15) is 0 Å². The fourth-order valence-electron chi connectivity index (χ4n) is 5.64. The molecular formula is C29H38FN3O2. The Hall–Kier alpha value is -2.47. The number of halogens is 1. The lowest BCUT2D eigenvalue weighted by Crippen LogP contribution is -2.32. The van der Waals surface area contributed by atoms with E-state index in [1.165, 1.54) is 49.1 Å². The smallest absolute Gasteiger partial charge is 0.151 e. The van der Waals surface area contributed by atoms with Crippen LogP contribution in [0.15, 0.2) is 30.3 Å². The number of ketones is 1. The molecule has 3 aliphatic rings. The number of aryl methyl sites for hydroxylation is 2. The summed E-state index contributed by atoms with van der Waals surface area (Å²) in [6.07, 6.45) is 11.5. The molecule has 188 valence electrons. The highest BCUT2D eigenvalue weighted by Gasteiger charge is 2.34. The van der Waals surface area contributed by atoms with Crippen molar-refractivity contribution in [3.8, 4) is 5.75 Å². The van der Waals surface area contributed by atoms with Gasteiger partial charge in [0.25, 0.3) is 0 Å². The van der Waals surface area contributed by atoms with Crippen molar-refractivity contribution in [2.45, 2.75) is 83.3 Å². The van der Waals surface area contributed by atoms with E-state index in [-0.39, 0.29) is 17.7 Å². The van der Waals surface area contributed by atoms with Gasteiger partial charge < -0.3 is 10.1 Å². The van der Waals surface area contributed by atoms with Crippen LogP contribution in [0, 0.1) is 11.7 Å². The minimum atomic E-state index is -0.423. The molecule has 5 rings (SSSR count). The molecule has 6 heteroatoms. The standard InChI is InChI=1S/C29H38FN3O2/c1-20(34)28(26-18-23(30)10-14-27(26)35-25-12-13-25)33-17-15-21(19-33)6-3-2-4-8-24-11-9-22-7-5-16-31-29(22)32-24/h9-11,14,18,21,25,28H,2-8,12-13,15-17,19H2,1H3,(H,31,32)/t21-,28?/m1/s1. The van der Waals surface area contributed by atoms with E-state index in [4.69, 9.17) is 9.72 Å². The minimum absolute atomic E-state index is 0.0592. The van der Waals surface area contributed by atoms with Crippen LogP contribution in [0.1, 0.15) is 81.2 Å². The first-order valence-corrected chi connectivity index (χ1v) is 13.5. The summed E-state index contributed by atoms with van der Waals surface area (Å²) in [5.74, 6) is 2.09. The molecule has 3 heterocycles. The van der Waals surface area contributed by atoms with E-state index in [0.29, 0.717) is 17.2 Å². The fraction of sp³-hybridized carbons (Fsp3) is 0.586. The van der Waals surface area contributed by atoms with Gasteiger partial charge in [-0.1, -0.05) is 18.9 Å². The van der Waals surface area contributed by atoms with E-state index in [0.717, 1.165) is 64.0 Å². The Morgan fingerprint density at radius 1 is 1.20 bits per heavy atom. The van der Waals surface area contributed by atoms with Crippen molar-refractivity contribution in [2.75, 3.05) is 25.0 Å². The zero-order chi connectivity index (χ0) is 24.2. The van der Waals surface area contributed by atoms with E-state index >= 15 is 0 Å². The Labute approximate surface area is 208 Å². The van der Waals surface area contributed by atoms with Gasteiger partial charge in [0.1, 0.15) is 17.4 Å². The lowest BCUT2D eigenvalue weighted by molar-refractivity contribution is -0.122. The minimum Gasteiger partial charge on any atom is -0.490 e. The normalized spacial score (nSPS) is 20.8. The number of unbranched alkanes of at least 4 members (excludes halogenated alkanes) is 2. The summed E-state index contributed by atoms with van der Waals surface area (Å²) in [6.45, 7) is 4.41. The van der Waals surface area contributed by atoms with Gasteiger partial charge in [-0.25, -0.2) is 9.37 Å². The lowest BCUT2D eigenvalue weighted by Gasteiger charge is -2.28. The van der Waals surface area contributed by atoms with Crippen LogP contribution < -0.4 is 10.1 Å². The van der Waals surface area contributed by atoms with Crippen LogP contribution >= 0.6 is 0 Å². The Morgan fingerprint density at radius 3 is 2.91 bits per heavy atom. The zero-order valence-corrected chi connectivity index (χ0v) is 20.9. The molecule has 2 aliphatic heterocycles. The second-order valence-electron chi connectivity index (χ2n) is 10.6. The molecular weight excluding hydrogens is 441 g/mol. The van der Waals surface area contributed by atoms with Crippen molar-refractivity contribution in [1.29, 1.82) is 0 Å². The van der Waals surface area contributed by atoms with E-state index < -0.39 is 6.04 Å². The third-order valence-corrected chi connectivity index (χ3v) is 7.65. The number of ether oxygens (including phenoxy) is 1. The highest BCUT2D eigenvalue weighted by Crippen LogP contribution is 2.38. The van der Waals surface area contributed by atoms with Crippen LogP contribution in [-0.4, -0.2) is 41.4 Å². The summed E-state index contributed by atoms with van der Waals surface area (Å²) in [6, 6.07) is 8.63. The predicted molar refractivity (Wildman–Crippen MR) is 136 cm³/mol. The molecule has 0 spiro atoms. The molecule has 0 radical (unpaired) electrons. The maximum atomic E-state index is 14.1. The van der Waals surface area contributed by atoms with Gasteiger partial charge in [0.15, 0.2) is 5.78 Å². The maximum Gasteiger partial charge on any atom is 0.151 e. The molecule has 1 N–H and O–H groups in total. The topological polar surface area (TPSA) is 54.5 Å². The highest BCUT2D eigenvalue weighted by atomic mass is 19.1. The number of benzene rings is 1. The maximum absolute atomic E-state index is 14.1. The number of carbonyl (C=O) groups is 1. The third kappa shape index (κ3) is 6.21. The van der Waals surface area contributed by atoms with Gasteiger partial charge >= 0.3 is 0 Å². The third-order valence-electron chi connectivity index (χ3n) is 7.65. The number of anilines is 1. The Morgan fingerprint density at radius 2 is 2.09 bits per heavy atom. The van der Waals surface area contributed by atoms with Gasteiger partial charge in [0, 0.05) is 24.3 Å². The van der Waals surface area contributed by atoms with E-state index in [1.807, 2.05) is 0 Å². The van der Waals surface area contributed by atoms with Crippen LogP contribution in [-0.2, 0) is 17.6 Å². The summed E-state index contributed by atoms with van der Waals surface area (Å²) < 4.78 is 20.2. The number of fused-ring (bicyclic) bond motifs is 1. The van der Waals surface area contributed by atoms with Crippen molar-refractivity contribution in [3.63, 3.8) is 0 Å². The van der Waals surface area contributed by atoms with Crippen LogP contribution in [0.4, 0.5) is 10.2 Å². The van der Waals surface area contributed by atoms with Crippen LogP contribution in [0.25, 0.3) is 0 Å². The summed E-state index contributed by atoms with van der Waals surface area (Å²) in [7, 11) is 0. The molecule has 1 aromatic heterocycles. The molecule has 2 fully saturated rings. The molecule has 1 aliphatic carbocycles. The van der Waals surface area contributed by atoms with Gasteiger partial charge in [0.2, 0.25) is 0 Å². The number of hydrogen-bond donors (Lipinski definition) is 1. The number of carbonyl (C=O) groups excluding carboxylic acids is 1. The zero-order valence-electron chi connectivity index (χ0n) is 20.9. The first-order valence-electron chi connectivity index (χ1n) is 13.5. The van der Waals surface area contributed by atoms with Gasteiger partial charge in [0.05, 0.1) is 12.1 Å². The SMILES string of the molecule is CC(=O)C(c1cc(F)ccc1OC1CC1)N1CC[C@@H](CCCCCc2ccc3c(n2)NCCC3)C1. The Balaban J connectivity index is 1.10. The number of Topliss-reactive ketones (excluding diaryl/α,β-unsaturated/α-hetero) is 1. The Bertz CT molecular complexity index is 1040. The van der Waals surface area contributed by atoms with Crippen molar-refractivity contribution in [2.24, 2.45) is 5.92 Å². The summed E-state index contributed by atoms with van der Waals surface area (Å²) in [5, 5.41) is 3.42. The van der Waals surface area contributed by atoms with Crippen molar-refractivity contribution >= 4 is 11.6 Å². The van der Waals surface area contributed by atoms with E-state index in [2.05, 4.69) is 22.3 Å². The van der Waals surface area contributed by atoms with Crippen LogP contribution in [0.5, 0.6) is 5.75 Å². The number of hydrogen-bond acceptors (Lipinski definition) is 5.